The third-order valence-electron chi connectivity index (χ3n) is 6.64. The van der Waals surface area contributed by atoms with Crippen molar-refractivity contribution in [3.63, 3.8) is 0 Å². The van der Waals surface area contributed by atoms with Crippen LogP contribution >= 0.6 is 0 Å². The third kappa shape index (κ3) is 6.24. The number of aliphatic imine (C=N–C) groups is 1. The predicted octanol–water partition coefficient (Wildman–Crippen LogP) is 5.58. The summed E-state index contributed by atoms with van der Waals surface area (Å²) in [7, 11) is 0. The van der Waals surface area contributed by atoms with Gasteiger partial charge in [-0.05, 0) is 30.0 Å². The normalized spacial score (nSPS) is 25.7. The van der Waals surface area contributed by atoms with Gasteiger partial charge >= 0.3 is 0 Å². The maximum atomic E-state index is 6.59. The predicted molar refractivity (Wildman–Crippen MR) is 136 cm³/mol. The monoisotopic (exact) mass is 471 g/mol. The van der Waals surface area contributed by atoms with Crippen LogP contribution in [0.25, 0.3) is 0 Å². The molecule has 1 saturated heterocycles. The van der Waals surface area contributed by atoms with E-state index in [2.05, 4.69) is 43.3 Å². The Labute approximate surface area is 207 Å². The van der Waals surface area contributed by atoms with E-state index in [-0.39, 0.29) is 30.5 Å². The Hall–Kier alpha value is -2.83. The average molecular weight is 472 g/mol. The van der Waals surface area contributed by atoms with Gasteiger partial charge < -0.3 is 18.9 Å². The number of nitrogens with zero attached hydrogens (tertiary/aromatic N) is 1. The third-order valence-corrected chi connectivity index (χ3v) is 6.64. The Morgan fingerprint density at radius 2 is 1.23 bits per heavy atom. The van der Waals surface area contributed by atoms with Crippen LogP contribution in [-0.2, 0) is 38.8 Å². The molecule has 0 saturated carbocycles. The van der Waals surface area contributed by atoms with Crippen LogP contribution in [0.2, 0.25) is 0 Å². The molecule has 0 radical (unpaired) electrons. The molecule has 0 unspecified atom stereocenters. The lowest BCUT2D eigenvalue weighted by molar-refractivity contribution is -0.239. The highest BCUT2D eigenvalue weighted by molar-refractivity contribution is 5.84. The summed E-state index contributed by atoms with van der Waals surface area (Å²) in [5.74, 6) is 0.129. The van der Waals surface area contributed by atoms with Crippen LogP contribution < -0.4 is 0 Å². The van der Waals surface area contributed by atoms with Gasteiger partial charge in [0.1, 0.15) is 12.2 Å². The highest BCUT2D eigenvalue weighted by Crippen LogP contribution is 2.38. The first-order valence-electron chi connectivity index (χ1n) is 12.4. The maximum absolute atomic E-state index is 6.59. The SMILES string of the molecule is CC1=N[C@H]2O[C@H](COCc3ccccc3)[C@@H](OCc3ccccc3)[C@H](OCc3ccccc3)[C@H]2C1. The molecule has 3 aromatic carbocycles. The molecule has 0 N–H and O–H groups in total. The molecule has 5 heteroatoms. The molecule has 2 heterocycles. The van der Waals surface area contributed by atoms with Crippen molar-refractivity contribution in [1.82, 2.24) is 0 Å². The van der Waals surface area contributed by atoms with Crippen LogP contribution in [0.5, 0.6) is 0 Å². The summed E-state index contributed by atoms with van der Waals surface area (Å²) in [6.07, 6.45) is -0.0644. The van der Waals surface area contributed by atoms with Gasteiger partial charge in [-0.25, -0.2) is 0 Å². The topological polar surface area (TPSA) is 49.3 Å². The fourth-order valence-corrected chi connectivity index (χ4v) is 4.88. The van der Waals surface area contributed by atoms with Crippen LogP contribution in [0.15, 0.2) is 96.0 Å². The first-order chi connectivity index (χ1) is 17.3. The highest BCUT2D eigenvalue weighted by atomic mass is 16.6. The summed E-state index contributed by atoms with van der Waals surface area (Å²) >= 11 is 0. The summed E-state index contributed by atoms with van der Waals surface area (Å²) in [4.78, 5) is 4.79. The van der Waals surface area contributed by atoms with Gasteiger partial charge in [-0.3, -0.25) is 4.99 Å². The van der Waals surface area contributed by atoms with E-state index in [1.54, 1.807) is 0 Å². The Bertz CT molecular complexity index is 1070. The van der Waals surface area contributed by atoms with E-state index in [9.17, 15) is 0 Å². The number of ether oxygens (including phenoxy) is 4. The van der Waals surface area contributed by atoms with E-state index in [4.69, 9.17) is 23.9 Å². The maximum Gasteiger partial charge on any atom is 0.154 e. The molecule has 0 spiro atoms. The number of hydrogen-bond donors (Lipinski definition) is 0. The minimum atomic E-state index is -0.279. The molecule has 5 rings (SSSR count). The molecule has 182 valence electrons. The second-order valence-corrected chi connectivity index (χ2v) is 9.32. The van der Waals surface area contributed by atoms with E-state index in [0.717, 1.165) is 28.8 Å². The first kappa shape index (κ1) is 23.9. The summed E-state index contributed by atoms with van der Waals surface area (Å²) in [5.41, 5.74) is 4.50. The molecular formula is C30H33NO4. The zero-order valence-corrected chi connectivity index (χ0v) is 20.2. The van der Waals surface area contributed by atoms with Crippen LogP contribution in [0.1, 0.15) is 30.0 Å². The van der Waals surface area contributed by atoms with Crippen molar-refractivity contribution in [1.29, 1.82) is 0 Å². The van der Waals surface area contributed by atoms with E-state index >= 15 is 0 Å². The lowest BCUT2D eigenvalue weighted by Gasteiger charge is -2.43. The largest absolute Gasteiger partial charge is 0.374 e. The van der Waals surface area contributed by atoms with Crippen LogP contribution in [0.4, 0.5) is 0 Å². The molecule has 0 aromatic heterocycles. The Morgan fingerprint density at radius 3 is 1.80 bits per heavy atom. The molecule has 2 aliphatic heterocycles. The summed E-state index contributed by atoms with van der Waals surface area (Å²) in [6.45, 7) is 4.02. The van der Waals surface area contributed by atoms with E-state index in [0.29, 0.717) is 26.4 Å². The number of fused-ring (bicyclic) bond motifs is 1. The van der Waals surface area contributed by atoms with E-state index in [1.165, 1.54) is 0 Å². The summed E-state index contributed by atoms with van der Waals surface area (Å²) < 4.78 is 25.7. The van der Waals surface area contributed by atoms with Crippen molar-refractivity contribution in [3.8, 4) is 0 Å². The van der Waals surface area contributed by atoms with Gasteiger partial charge in [0.15, 0.2) is 6.23 Å². The highest BCUT2D eigenvalue weighted by Gasteiger charge is 2.49. The van der Waals surface area contributed by atoms with Crippen molar-refractivity contribution < 1.29 is 18.9 Å². The van der Waals surface area contributed by atoms with Gasteiger partial charge in [-0.2, -0.15) is 0 Å². The van der Waals surface area contributed by atoms with Crippen LogP contribution in [0.3, 0.4) is 0 Å². The molecular weight excluding hydrogens is 438 g/mol. The lowest BCUT2D eigenvalue weighted by atomic mass is 9.88. The van der Waals surface area contributed by atoms with Gasteiger partial charge in [-0.15, -0.1) is 0 Å². The van der Waals surface area contributed by atoms with Crippen molar-refractivity contribution in [3.05, 3.63) is 108 Å². The quantitative estimate of drug-likeness (QED) is 0.387. The molecule has 1 fully saturated rings. The number of rotatable bonds is 10. The fourth-order valence-electron chi connectivity index (χ4n) is 4.88. The minimum Gasteiger partial charge on any atom is -0.374 e. The second-order valence-electron chi connectivity index (χ2n) is 9.32. The zero-order chi connectivity index (χ0) is 23.9. The molecule has 3 aromatic rings. The number of benzene rings is 3. The second kappa shape index (κ2) is 11.7. The molecule has 2 aliphatic rings. The van der Waals surface area contributed by atoms with Gasteiger partial charge in [0.25, 0.3) is 0 Å². The van der Waals surface area contributed by atoms with Crippen LogP contribution in [-0.4, -0.2) is 36.9 Å². The molecule has 0 amide bonds. The van der Waals surface area contributed by atoms with Gasteiger partial charge in [0.05, 0.1) is 32.5 Å². The van der Waals surface area contributed by atoms with Gasteiger partial charge in [-0.1, -0.05) is 91.0 Å². The molecule has 5 nitrogen and oxygen atoms in total. The van der Waals surface area contributed by atoms with Crippen molar-refractivity contribution in [2.45, 2.75) is 57.7 Å². The van der Waals surface area contributed by atoms with E-state index < -0.39 is 0 Å². The fraction of sp³-hybridized carbons (Fsp3) is 0.367. The Kier molecular flexibility index (Phi) is 8.01. The smallest absolute Gasteiger partial charge is 0.154 e. The lowest BCUT2D eigenvalue weighted by Crippen LogP contribution is -2.56. The van der Waals surface area contributed by atoms with Crippen LogP contribution in [0, 0.1) is 5.92 Å². The van der Waals surface area contributed by atoms with E-state index in [1.807, 2.05) is 54.6 Å². The van der Waals surface area contributed by atoms with Gasteiger partial charge in [0.2, 0.25) is 0 Å². The molecule has 5 atom stereocenters. The van der Waals surface area contributed by atoms with Crippen molar-refractivity contribution >= 4 is 5.71 Å². The molecule has 35 heavy (non-hydrogen) atoms. The summed E-state index contributed by atoms with van der Waals surface area (Å²) in [5, 5.41) is 0. The standard InChI is InChI=1S/C30H33NO4/c1-22-17-26-28(33-19-24-13-7-3-8-14-24)29(34-20-25-15-9-4-10-16-25)27(35-30(26)31-22)21-32-18-23-11-5-2-6-12-23/h2-16,26-30H,17-21H2,1H3/t26-,27-,28-,29-,30+/m1/s1. The Morgan fingerprint density at radius 1 is 0.714 bits per heavy atom. The zero-order valence-electron chi connectivity index (χ0n) is 20.2. The summed E-state index contributed by atoms with van der Waals surface area (Å²) in [6, 6.07) is 30.7. The Balaban J connectivity index is 1.33. The molecule has 0 bridgehead atoms. The van der Waals surface area contributed by atoms with Crippen molar-refractivity contribution in [2.24, 2.45) is 10.9 Å². The van der Waals surface area contributed by atoms with Gasteiger partial charge in [0, 0.05) is 11.6 Å². The molecule has 0 aliphatic carbocycles. The first-order valence-corrected chi connectivity index (χ1v) is 12.4. The van der Waals surface area contributed by atoms with Crippen molar-refractivity contribution in [2.75, 3.05) is 6.61 Å². The minimum absolute atomic E-state index is 0.129. The number of hydrogen-bond acceptors (Lipinski definition) is 5. The average Bonchev–Trinajstić information content (AvgIpc) is 3.28.